The van der Waals surface area contributed by atoms with Crippen LogP contribution in [0.3, 0.4) is 0 Å². The first-order valence-corrected chi connectivity index (χ1v) is 12.2. The molecule has 1 amide bonds. The molecule has 0 saturated carbocycles. The molecule has 0 aliphatic carbocycles. The molecule has 160 valence electrons. The number of benzene rings is 2. The third-order valence-electron chi connectivity index (χ3n) is 5.72. The zero-order valence-electron chi connectivity index (χ0n) is 16.8. The van der Waals surface area contributed by atoms with Gasteiger partial charge in [0.1, 0.15) is 4.90 Å². The summed E-state index contributed by atoms with van der Waals surface area (Å²) in [5, 5.41) is 2.98. The van der Waals surface area contributed by atoms with Crippen LogP contribution in [-0.4, -0.2) is 44.8 Å². The van der Waals surface area contributed by atoms with Gasteiger partial charge in [-0.3, -0.25) is 4.79 Å². The largest absolute Gasteiger partial charge is 0.372 e. The molecule has 4 rings (SSSR count). The van der Waals surface area contributed by atoms with Crippen LogP contribution in [0.1, 0.15) is 42.5 Å². The van der Waals surface area contributed by atoms with E-state index in [2.05, 4.69) is 10.2 Å². The van der Waals surface area contributed by atoms with Crippen LogP contribution in [0, 0.1) is 0 Å². The predicted octanol–water partition coefficient (Wildman–Crippen LogP) is 4.37. The van der Waals surface area contributed by atoms with Crippen molar-refractivity contribution in [2.75, 3.05) is 36.4 Å². The number of hydrogen-bond acceptors (Lipinski definition) is 4. The third kappa shape index (κ3) is 4.48. The van der Waals surface area contributed by atoms with Gasteiger partial charge in [0.2, 0.25) is 10.0 Å². The number of carbonyl (C=O) groups is 1. The lowest BCUT2D eigenvalue weighted by atomic mass is 10.2. The highest BCUT2D eigenvalue weighted by atomic mass is 35.5. The Bertz CT molecular complexity index is 1010. The Morgan fingerprint density at radius 2 is 1.50 bits per heavy atom. The van der Waals surface area contributed by atoms with Crippen molar-refractivity contribution in [1.29, 1.82) is 0 Å². The van der Waals surface area contributed by atoms with E-state index in [1.807, 2.05) is 24.3 Å². The molecule has 0 aromatic heterocycles. The van der Waals surface area contributed by atoms with Gasteiger partial charge in [-0.1, -0.05) is 18.0 Å². The number of nitrogens with one attached hydrogen (secondary N) is 1. The molecule has 0 spiro atoms. The van der Waals surface area contributed by atoms with E-state index >= 15 is 0 Å². The average molecular weight is 448 g/mol. The molecule has 30 heavy (non-hydrogen) atoms. The molecule has 0 unspecified atom stereocenters. The summed E-state index contributed by atoms with van der Waals surface area (Å²) >= 11 is 6.20. The number of hydrogen-bond donors (Lipinski definition) is 1. The molecule has 2 aliphatic rings. The van der Waals surface area contributed by atoms with E-state index < -0.39 is 10.0 Å². The second-order valence-electron chi connectivity index (χ2n) is 7.81. The molecule has 0 bridgehead atoms. The van der Waals surface area contributed by atoms with Crippen LogP contribution in [-0.2, 0) is 10.0 Å². The Hall–Kier alpha value is -2.09. The van der Waals surface area contributed by atoms with Gasteiger partial charge in [-0.15, -0.1) is 0 Å². The number of carbonyl (C=O) groups excluding carboxylic acids is 1. The molecule has 1 N–H and O–H groups in total. The van der Waals surface area contributed by atoms with E-state index in [0.717, 1.165) is 38.0 Å². The van der Waals surface area contributed by atoms with Crippen molar-refractivity contribution in [3.8, 4) is 0 Å². The minimum atomic E-state index is -3.72. The Morgan fingerprint density at radius 3 is 2.17 bits per heavy atom. The van der Waals surface area contributed by atoms with Crippen LogP contribution in [0.2, 0.25) is 5.02 Å². The number of nitrogens with zero attached hydrogens (tertiary/aromatic N) is 2. The quantitative estimate of drug-likeness (QED) is 0.739. The van der Waals surface area contributed by atoms with E-state index in [-0.39, 0.29) is 21.4 Å². The molecule has 2 heterocycles. The Morgan fingerprint density at radius 1 is 0.867 bits per heavy atom. The number of amides is 1. The van der Waals surface area contributed by atoms with Gasteiger partial charge in [-0.25, -0.2) is 8.42 Å². The normalized spacial score (nSPS) is 17.8. The van der Waals surface area contributed by atoms with Crippen molar-refractivity contribution in [2.45, 2.75) is 37.0 Å². The van der Waals surface area contributed by atoms with Crippen LogP contribution in [0.4, 0.5) is 11.4 Å². The molecule has 2 fully saturated rings. The number of rotatable bonds is 5. The van der Waals surface area contributed by atoms with Crippen LogP contribution in [0.15, 0.2) is 47.4 Å². The maximum atomic E-state index is 13.0. The molecule has 2 saturated heterocycles. The monoisotopic (exact) mass is 447 g/mol. The molecular formula is C22H26ClN3O3S. The first-order valence-electron chi connectivity index (χ1n) is 10.4. The molecule has 2 aromatic carbocycles. The number of sulfonamides is 1. The van der Waals surface area contributed by atoms with Crippen molar-refractivity contribution in [3.63, 3.8) is 0 Å². The molecule has 6 nitrogen and oxygen atoms in total. The van der Waals surface area contributed by atoms with Crippen LogP contribution < -0.4 is 10.2 Å². The summed E-state index contributed by atoms with van der Waals surface area (Å²) in [4.78, 5) is 15.1. The predicted molar refractivity (Wildman–Crippen MR) is 120 cm³/mol. The Labute approximate surface area is 182 Å². The van der Waals surface area contributed by atoms with Crippen LogP contribution >= 0.6 is 11.6 Å². The summed E-state index contributed by atoms with van der Waals surface area (Å²) in [7, 11) is -3.72. The minimum Gasteiger partial charge on any atom is -0.372 e. The third-order valence-corrected chi connectivity index (χ3v) is 8.10. The highest BCUT2D eigenvalue weighted by Crippen LogP contribution is 2.28. The van der Waals surface area contributed by atoms with E-state index in [1.165, 1.54) is 29.3 Å². The van der Waals surface area contributed by atoms with E-state index in [0.29, 0.717) is 18.8 Å². The lowest BCUT2D eigenvalue weighted by Gasteiger charge is -2.26. The van der Waals surface area contributed by atoms with E-state index in [9.17, 15) is 13.2 Å². The van der Waals surface area contributed by atoms with Crippen molar-refractivity contribution >= 4 is 38.9 Å². The fraction of sp³-hybridized carbons (Fsp3) is 0.409. The number of halogens is 1. The zero-order valence-corrected chi connectivity index (χ0v) is 18.4. The molecule has 0 radical (unpaired) electrons. The van der Waals surface area contributed by atoms with Crippen LogP contribution in [0.25, 0.3) is 0 Å². The van der Waals surface area contributed by atoms with Gasteiger partial charge in [0, 0.05) is 43.1 Å². The maximum Gasteiger partial charge on any atom is 0.255 e. The minimum absolute atomic E-state index is 0.0110. The molecule has 2 aliphatic heterocycles. The van der Waals surface area contributed by atoms with Gasteiger partial charge in [0.05, 0.1) is 5.02 Å². The van der Waals surface area contributed by atoms with Crippen LogP contribution in [0.5, 0.6) is 0 Å². The standard InChI is InChI=1S/C22H26ClN3O3S/c23-20-11-6-17(16-21(20)30(28,29)26-14-2-1-3-15-26)22(27)24-18-7-9-19(10-8-18)25-12-4-5-13-25/h6-11,16H,1-5,12-15H2,(H,24,27). The van der Waals surface area contributed by atoms with Crippen molar-refractivity contribution in [3.05, 3.63) is 53.1 Å². The van der Waals surface area contributed by atoms with Gasteiger partial charge >= 0.3 is 0 Å². The summed E-state index contributed by atoms with van der Waals surface area (Å²) in [6.07, 6.45) is 5.11. The molecule has 0 atom stereocenters. The molecule has 2 aromatic rings. The summed E-state index contributed by atoms with van der Waals surface area (Å²) in [5.74, 6) is -0.365. The van der Waals surface area contributed by atoms with E-state index in [1.54, 1.807) is 6.07 Å². The van der Waals surface area contributed by atoms with Crippen molar-refractivity contribution in [1.82, 2.24) is 4.31 Å². The van der Waals surface area contributed by atoms with Gasteiger partial charge < -0.3 is 10.2 Å². The second-order valence-corrected chi connectivity index (χ2v) is 10.1. The Kier molecular flexibility index (Phi) is 6.32. The average Bonchev–Trinajstić information content (AvgIpc) is 3.30. The lowest BCUT2D eigenvalue weighted by Crippen LogP contribution is -2.35. The summed E-state index contributed by atoms with van der Waals surface area (Å²) in [6.45, 7) is 3.09. The van der Waals surface area contributed by atoms with Gasteiger partial charge in [0.15, 0.2) is 0 Å². The Balaban J connectivity index is 1.51. The first-order chi connectivity index (χ1) is 14.4. The summed E-state index contributed by atoms with van der Waals surface area (Å²) in [6, 6.07) is 12.1. The molecule has 8 heteroatoms. The lowest BCUT2D eigenvalue weighted by molar-refractivity contribution is 0.102. The fourth-order valence-corrected chi connectivity index (χ4v) is 6.04. The van der Waals surface area contributed by atoms with Gasteiger partial charge in [0.25, 0.3) is 5.91 Å². The van der Waals surface area contributed by atoms with Crippen molar-refractivity contribution < 1.29 is 13.2 Å². The smallest absolute Gasteiger partial charge is 0.255 e. The topological polar surface area (TPSA) is 69.7 Å². The maximum absolute atomic E-state index is 13.0. The highest BCUT2D eigenvalue weighted by Gasteiger charge is 2.28. The number of piperidine rings is 1. The van der Waals surface area contributed by atoms with Crippen molar-refractivity contribution in [2.24, 2.45) is 0 Å². The summed E-state index contributed by atoms with van der Waals surface area (Å²) < 4.78 is 27.5. The van der Waals surface area contributed by atoms with Gasteiger partial charge in [-0.2, -0.15) is 4.31 Å². The second kappa shape index (κ2) is 8.96. The molecular weight excluding hydrogens is 422 g/mol. The summed E-state index contributed by atoms with van der Waals surface area (Å²) in [5.41, 5.74) is 2.07. The first kappa shape index (κ1) is 21.2. The van der Waals surface area contributed by atoms with E-state index in [4.69, 9.17) is 11.6 Å². The van der Waals surface area contributed by atoms with Gasteiger partial charge in [-0.05, 0) is 68.1 Å². The number of anilines is 2. The fourth-order valence-electron chi connectivity index (χ4n) is 4.02. The SMILES string of the molecule is O=C(Nc1ccc(N2CCCC2)cc1)c1ccc(Cl)c(S(=O)(=O)N2CCCCC2)c1. The highest BCUT2D eigenvalue weighted by molar-refractivity contribution is 7.89. The zero-order chi connectivity index (χ0) is 21.1.